The molecule has 1 fully saturated rings. The molecule has 1 aromatic carbocycles. The van der Waals surface area contributed by atoms with Gasteiger partial charge in [-0.15, -0.1) is 11.3 Å². The summed E-state index contributed by atoms with van der Waals surface area (Å²) in [6, 6.07) is 9.86. The fourth-order valence-electron chi connectivity index (χ4n) is 3.63. The number of piperidine rings is 1. The number of amides is 2. The second kappa shape index (κ2) is 10.3. The first-order chi connectivity index (χ1) is 14.5. The molecular weight excluding hydrogens is 402 g/mol. The molecule has 2 heterocycles. The molecule has 0 spiro atoms. The Morgan fingerprint density at radius 2 is 1.90 bits per heavy atom. The summed E-state index contributed by atoms with van der Waals surface area (Å²) in [5.74, 6) is -0.744. The topological polar surface area (TPSA) is 88.6 Å². The number of benzene rings is 1. The zero-order valence-corrected chi connectivity index (χ0v) is 18.1. The van der Waals surface area contributed by atoms with E-state index in [9.17, 15) is 14.4 Å². The summed E-state index contributed by atoms with van der Waals surface area (Å²) >= 11 is 1.03. The van der Waals surface area contributed by atoms with E-state index in [1.807, 2.05) is 42.2 Å². The SMILES string of the molecule is CCOC(=O)c1ncc(C(=O)NC2CCN(C(=O)C(CC)c3ccccc3)CC2)s1. The van der Waals surface area contributed by atoms with E-state index in [0.717, 1.165) is 23.3 Å². The van der Waals surface area contributed by atoms with E-state index in [4.69, 9.17) is 4.74 Å². The minimum absolute atomic E-state index is 0.00787. The normalized spacial score (nSPS) is 15.5. The predicted octanol–water partition coefficient (Wildman–Crippen LogP) is 3.23. The number of rotatable bonds is 7. The van der Waals surface area contributed by atoms with Crippen LogP contribution in [0.25, 0.3) is 0 Å². The van der Waals surface area contributed by atoms with Gasteiger partial charge in [-0.2, -0.15) is 0 Å². The zero-order chi connectivity index (χ0) is 21.5. The van der Waals surface area contributed by atoms with E-state index in [2.05, 4.69) is 10.3 Å². The number of carbonyl (C=O) groups is 3. The molecule has 1 aliphatic rings. The van der Waals surface area contributed by atoms with Crippen LogP contribution in [-0.4, -0.2) is 53.4 Å². The van der Waals surface area contributed by atoms with Crippen molar-refractivity contribution in [3.8, 4) is 0 Å². The first-order valence-corrected chi connectivity index (χ1v) is 11.1. The Kier molecular flexibility index (Phi) is 7.57. The Morgan fingerprint density at radius 3 is 2.53 bits per heavy atom. The molecule has 1 atom stereocenters. The van der Waals surface area contributed by atoms with Gasteiger partial charge in [-0.05, 0) is 31.7 Å². The van der Waals surface area contributed by atoms with Crippen molar-refractivity contribution in [1.82, 2.24) is 15.2 Å². The van der Waals surface area contributed by atoms with Crippen LogP contribution in [0, 0.1) is 0 Å². The van der Waals surface area contributed by atoms with Crippen LogP contribution >= 0.6 is 11.3 Å². The Hall–Kier alpha value is -2.74. The van der Waals surface area contributed by atoms with Crippen LogP contribution in [0.3, 0.4) is 0 Å². The van der Waals surface area contributed by atoms with Gasteiger partial charge in [0.05, 0.1) is 18.7 Å². The van der Waals surface area contributed by atoms with Crippen LogP contribution in [-0.2, 0) is 9.53 Å². The van der Waals surface area contributed by atoms with E-state index < -0.39 is 5.97 Å². The highest BCUT2D eigenvalue weighted by molar-refractivity contribution is 7.15. The second-order valence-electron chi connectivity index (χ2n) is 7.19. The standard InChI is InChI=1S/C22H27N3O4S/c1-3-17(15-8-6-5-7-9-15)21(27)25-12-10-16(11-13-25)24-19(26)18-14-23-20(30-18)22(28)29-4-2/h5-9,14,16-17H,3-4,10-13H2,1-2H3,(H,24,26). The minimum Gasteiger partial charge on any atom is -0.461 e. The molecule has 3 rings (SSSR count). The molecule has 0 radical (unpaired) electrons. The third-order valence-electron chi connectivity index (χ3n) is 5.23. The number of nitrogens with zero attached hydrogens (tertiary/aromatic N) is 2. The molecule has 2 aromatic rings. The highest BCUT2D eigenvalue weighted by Gasteiger charge is 2.29. The molecule has 1 N–H and O–H groups in total. The van der Waals surface area contributed by atoms with Crippen LogP contribution in [0.5, 0.6) is 0 Å². The molecule has 2 amide bonds. The van der Waals surface area contributed by atoms with Crippen LogP contribution < -0.4 is 5.32 Å². The smallest absolute Gasteiger partial charge is 0.367 e. The average Bonchev–Trinajstić information content (AvgIpc) is 3.26. The van der Waals surface area contributed by atoms with Gasteiger partial charge in [0, 0.05) is 19.1 Å². The van der Waals surface area contributed by atoms with Gasteiger partial charge in [-0.25, -0.2) is 9.78 Å². The number of ether oxygens (including phenoxy) is 1. The fourth-order valence-corrected chi connectivity index (χ4v) is 4.34. The van der Waals surface area contributed by atoms with Gasteiger partial charge in [0.2, 0.25) is 10.9 Å². The molecule has 0 bridgehead atoms. The van der Waals surface area contributed by atoms with Gasteiger partial charge >= 0.3 is 5.97 Å². The summed E-state index contributed by atoms with van der Waals surface area (Å²) in [7, 11) is 0. The van der Waals surface area contributed by atoms with Gasteiger partial charge in [-0.1, -0.05) is 37.3 Å². The molecule has 30 heavy (non-hydrogen) atoms. The van der Waals surface area contributed by atoms with E-state index in [1.165, 1.54) is 6.20 Å². The summed E-state index contributed by atoms with van der Waals surface area (Å²) < 4.78 is 4.91. The third-order valence-corrected chi connectivity index (χ3v) is 6.21. The van der Waals surface area contributed by atoms with Crippen molar-refractivity contribution in [2.75, 3.05) is 19.7 Å². The fraction of sp³-hybridized carbons (Fsp3) is 0.455. The van der Waals surface area contributed by atoms with Crippen molar-refractivity contribution < 1.29 is 19.1 Å². The highest BCUT2D eigenvalue weighted by atomic mass is 32.1. The summed E-state index contributed by atoms with van der Waals surface area (Å²) in [5.41, 5.74) is 1.04. The molecular formula is C22H27N3O4S. The third kappa shape index (κ3) is 5.24. The summed E-state index contributed by atoms with van der Waals surface area (Å²) in [6.07, 6.45) is 3.56. The number of hydrogen-bond donors (Lipinski definition) is 1. The zero-order valence-electron chi connectivity index (χ0n) is 17.3. The average molecular weight is 430 g/mol. The van der Waals surface area contributed by atoms with E-state index in [-0.39, 0.29) is 35.4 Å². The first kappa shape index (κ1) is 22.0. The van der Waals surface area contributed by atoms with Crippen LogP contribution in [0.15, 0.2) is 36.5 Å². The number of esters is 1. The molecule has 160 valence electrons. The number of likely N-dealkylation sites (tertiary alicyclic amines) is 1. The highest BCUT2D eigenvalue weighted by Crippen LogP contribution is 2.24. The summed E-state index contributed by atoms with van der Waals surface area (Å²) in [4.78, 5) is 43.4. The van der Waals surface area contributed by atoms with Gasteiger partial charge in [0.1, 0.15) is 4.88 Å². The largest absolute Gasteiger partial charge is 0.461 e. The first-order valence-electron chi connectivity index (χ1n) is 10.3. The Bertz CT molecular complexity index is 876. The molecule has 1 aromatic heterocycles. The monoisotopic (exact) mass is 429 g/mol. The lowest BCUT2D eigenvalue weighted by Crippen LogP contribution is -2.47. The Labute approximate surface area is 180 Å². The molecule has 0 saturated carbocycles. The van der Waals surface area contributed by atoms with Gasteiger partial charge in [-0.3, -0.25) is 9.59 Å². The lowest BCUT2D eigenvalue weighted by atomic mass is 9.93. The quantitative estimate of drug-likeness (QED) is 0.683. The van der Waals surface area contributed by atoms with Gasteiger partial charge < -0.3 is 15.0 Å². The number of hydrogen-bond acceptors (Lipinski definition) is 6. The molecule has 1 unspecified atom stereocenters. The molecule has 1 aliphatic heterocycles. The van der Waals surface area contributed by atoms with Crippen molar-refractivity contribution in [1.29, 1.82) is 0 Å². The van der Waals surface area contributed by atoms with Gasteiger partial charge in [0.25, 0.3) is 5.91 Å². The summed E-state index contributed by atoms with van der Waals surface area (Å²) in [5, 5.41) is 3.17. The Morgan fingerprint density at radius 1 is 1.20 bits per heavy atom. The number of aromatic nitrogens is 1. The van der Waals surface area contributed by atoms with Crippen LogP contribution in [0.2, 0.25) is 0 Å². The molecule has 0 aliphatic carbocycles. The number of carbonyl (C=O) groups excluding carboxylic acids is 3. The van der Waals surface area contributed by atoms with Crippen molar-refractivity contribution in [3.63, 3.8) is 0 Å². The number of nitrogens with one attached hydrogen (secondary N) is 1. The van der Waals surface area contributed by atoms with E-state index in [0.29, 0.717) is 30.8 Å². The number of thiazole rings is 1. The maximum atomic E-state index is 13.0. The maximum Gasteiger partial charge on any atom is 0.367 e. The van der Waals surface area contributed by atoms with E-state index in [1.54, 1.807) is 6.92 Å². The van der Waals surface area contributed by atoms with Crippen LogP contribution in [0.4, 0.5) is 0 Å². The maximum absolute atomic E-state index is 13.0. The van der Waals surface area contributed by atoms with Crippen LogP contribution in [0.1, 0.15) is 64.1 Å². The van der Waals surface area contributed by atoms with Crippen molar-refractivity contribution in [3.05, 3.63) is 52.0 Å². The molecule has 7 nitrogen and oxygen atoms in total. The Balaban J connectivity index is 1.52. The van der Waals surface area contributed by atoms with Crippen molar-refractivity contribution in [2.45, 2.75) is 45.1 Å². The van der Waals surface area contributed by atoms with E-state index >= 15 is 0 Å². The molecule has 8 heteroatoms. The lowest BCUT2D eigenvalue weighted by molar-refractivity contribution is -0.134. The molecule has 1 saturated heterocycles. The second-order valence-corrected chi connectivity index (χ2v) is 8.23. The van der Waals surface area contributed by atoms with Crippen molar-refractivity contribution in [2.24, 2.45) is 0 Å². The minimum atomic E-state index is -0.516. The summed E-state index contributed by atoms with van der Waals surface area (Å²) in [6.45, 7) is 5.25. The van der Waals surface area contributed by atoms with Gasteiger partial charge in [0.15, 0.2) is 0 Å². The predicted molar refractivity (Wildman–Crippen MR) is 115 cm³/mol. The lowest BCUT2D eigenvalue weighted by Gasteiger charge is -2.34. The van der Waals surface area contributed by atoms with Crippen molar-refractivity contribution >= 4 is 29.1 Å².